The minimum Gasteiger partial charge on any atom is -0.361 e. The average Bonchev–Trinajstić information content (AvgIpc) is 3.62. The van der Waals surface area contributed by atoms with E-state index < -0.39 is 17.7 Å². The van der Waals surface area contributed by atoms with Gasteiger partial charge in [-0.2, -0.15) is 0 Å². The van der Waals surface area contributed by atoms with Gasteiger partial charge < -0.3 is 10.3 Å². The highest BCUT2D eigenvalue weighted by Crippen LogP contribution is 2.55. The monoisotopic (exact) mass is 512 g/mol. The number of hydrogen-bond donors (Lipinski definition) is 2. The number of nitrogens with zero attached hydrogens (tertiary/aromatic N) is 2. The summed E-state index contributed by atoms with van der Waals surface area (Å²) in [6.07, 6.45) is 7.44. The summed E-state index contributed by atoms with van der Waals surface area (Å²) in [4.78, 5) is 25.3. The second-order valence-electron chi connectivity index (χ2n) is 9.61. The zero-order valence-corrected chi connectivity index (χ0v) is 20.2. The lowest BCUT2D eigenvalue weighted by atomic mass is 9.95. The molecule has 3 atom stereocenters. The van der Waals surface area contributed by atoms with Gasteiger partial charge in [0, 0.05) is 52.9 Å². The van der Waals surface area contributed by atoms with Crippen LogP contribution in [0.2, 0.25) is 0 Å². The predicted molar refractivity (Wildman–Crippen MR) is 138 cm³/mol. The summed E-state index contributed by atoms with van der Waals surface area (Å²) < 4.78 is 41.8. The van der Waals surface area contributed by atoms with E-state index in [1.807, 2.05) is 24.3 Å². The maximum Gasteiger partial charge on any atom is 0.225 e. The largest absolute Gasteiger partial charge is 0.361 e. The molecule has 5 nitrogen and oxygen atoms in total. The summed E-state index contributed by atoms with van der Waals surface area (Å²) in [7, 11) is 0. The molecule has 3 heterocycles. The van der Waals surface area contributed by atoms with E-state index in [9.17, 15) is 18.0 Å². The van der Waals surface area contributed by atoms with Crippen molar-refractivity contribution in [2.45, 2.75) is 24.8 Å². The standard InChI is InChI=1S/C30H23F3N4O/c31-20-5-6-27-25(13-20)19(16-36-27)11-28(38)37-30(26-14-24(26)18-9-21(32)12-22(33)10-18)29-23(4-2-8-35-29)17-3-1-7-34-15-17/h1-10,12-13,15-16,24,26,30,36H,11,14H2,(H,37,38). The molecule has 1 saturated carbocycles. The zero-order chi connectivity index (χ0) is 26.2. The number of aromatic amines is 1. The molecule has 3 unspecified atom stereocenters. The van der Waals surface area contributed by atoms with Gasteiger partial charge >= 0.3 is 0 Å². The molecule has 0 bridgehead atoms. The lowest BCUT2D eigenvalue weighted by molar-refractivity contribution is -0.121. The number of H-pyrrole nitrogens is 1. The average molecular weight is 513 g/mol. The van der Waals surface area contributed by atoms with E-state index in [-0.39, 0.29) is 30.0 Å². The van der Waals surface area contributed by atoms with Crippen molar-refractivity contribution >= 4 is 16.8 Å². The van der Waals surface area contributed by atoms with Gasteiger partial charge in [0.15, 0.2) is 0 Å². The molecule has 1 fully saturated rings. The summed E-state index contributed by atoms with van der Waals surface area (Å²) in [5.41, 5.74) is 4.28. The summed E-state index contributed by atoms with van der Waals surface area (Å²) >= 11 is 0. The highest BCUT2D eigenvalue weighted by molar-refractivity contribution is 5.89. The van der Waals surface area contributed by atoms with Gasteiger partial charge in [0.2, 0.25) is 5.91 Å². The second-order valence-corrected chi connectivity index (χ2v) is 9.61. The number of nitrogens with one attached hydrogen (secondary N) is 2. The maximum atomic E-state index is 14.0. The van der Waals surface area contributed by atoms with E-state index in [2.05, 4.69) is 20.3 Å². The predicted octanol–water partition coefficient (Wildman–Crippen LogP) is 6.25. The first-order valence-electron chi connectivity index (χ1n) is 12.3. The van der Waals surface area contributed by atoms with Crippen molar-refractivity contribution < 1.29 is 18.0 Å². The minimum atomic E-state index is -0.633. The number of amides is 1. The Labute approximate surface area is 216 Å². The number of fused-ring (bicyclic) bond motifs is 1. The lowest BCUT2D eigenvalue weighted by Gasteiger charge is -2.22. The molecule has 2 N–H and O–H groups in total. The van der Waals surface area contributed by atoms with Gasteiger partial charge in [0.1, 0.15) is 17.5 Å². The van der Waals surface area contributed by atoms with Crippen molar-refractivity contribution in [3.05, 3.63) is 120 Å². The second kappa shape index (κ2) is 9.78. The number of benzene rings is 2. The van der Waals surface area contributed by atoms with Crippen molar-refractivity contribution in [3.8, 4) is 11.1 Å². The van der Waals surface area contributed by atoms with Crippen LogP contribution in [0.25, 0.3) is 22.0 Å². The molecule has 3 aromatic heterocycles. The lowest BCUT2D eigenvalue weighted by Crippen LogP contribution is -2.32. The third kappa shape index (κ3) is 4.77. The van der Waals surface area contributed by atoms with Crippen LogP contribution in [-0.4, -0.2) is 20.9 Å². The fourth-order valence-corrected chi connectivity index (χ4v) is 5.26. The molecule has 1 aliphatic rings. The topological polar surface area (TPSA) is 70.7 Å². The van der Waals surface area contributed by atoms with Crippen LogP contribution in [0.15, 0.2) is 85.5 Å². The number of halogens is 3. The van der Waals surface area contributed by atoms with Crippen LogP contribution in [0.4, 0.5) is 13.2 Å². The molecular formula is C30H23F3N4O. The third-order valence-corrected chi connectivity index (χ3v) is 7.08. The number of carbonyl (C=O) groups is 1. The molecule has 2 aromatic carbocycles. The van der Waals surface area contributed by atoms with Gasteiger partial charge in [0.05, 0.1) is 18.2 Å². The van der Waals surface area contributed by atoms with Crippen molar-refractivity contribution in [2.24, 2.45) is 5.92 Å². The number of hydrogen-bond acceptors (Lipinski definition) is 3. The molecular weight excluding hydrogens is 489 g/mol. The normalized spacial score (nSPS) is 17.3. The Bertz CT molecular complexity index is 1620. The number of rotatable bonds is 7. The van der Waals surface area contributed by atoms with Crippen molar-refractivity contribution in [1.29, 1.82) is 0 Å². The Balaban J connectivity index is 1.34. The molecule has 1 aliphatic carbocycles. The third-order valence-electron chi connectivity index (χ3n) is 7.08. The SMILES string of the molecule is O=C(Cc1c[nH]c2ccc(F)cc12)NC(c1ncccc1-c1cccnc1)C1CC1c1cc(F)cc(F)c1. The Kier molecular flexibility index (Phi) is 6.15. The van der Waals surface area contributed by atoms with Gasteiger partial charge in [0.25, 0.3) is 0 Å². The van der Waals surface area contributed by atoms with Gasteiger partial charge in [-0.25, -0.2) is 13.2 Å². The number of aromatic nitrogens is 3. The molecule has 0 aliphatic heterocycles. The first-order chi connectivity index (χ1) is 18.5. The number of carbonyl (C=O) groups excluding carboxylic acids is 1. The molecule has 8 heteroatoms. The van der Waals surface area contributed by atoms with Crippen LogP contribution in [0, 0.1) is 23.4 Å². The minimum absolute atomic E-state index is 0.0288. The summed E-state index contributed by atoms with van der Waals surface area (Å²) in [6.45, 7) is 0. The zero-order valence-electron chi connectivity index (χ0n) is 20.2. The Morgan fingerprint density at radius 2 is 1.82 bits per heavy atom. The quantitative estimate of drug-likeness (QED) is 0.271. The van der Waals surface area contributed by atoms with Crippen LogP contribution >= 0.6 is 0 Å². The molecule has 38 heavy (non-hydrogen) atoms. The maximum absolute atomic E-state index is 14.0. The van der Waals surface area contributed by atoms with Crippen LogP contribution in [0.3, 0.4) is 0 Å². The van der Waals surface area contributed by atoms with Crippen LogP contribution in [-0.2, 0) is 11.2 Å². The molecule has 5 aromatic rings. The van der Waals surface area contributed by atoms with Gasteiger partial charge in [-0.15, -0.1) is 0 Å². The van der Waals surface area contributed by atoms with E-state index in [4.69, 9.17) is 0 Å². The summed E-state index contributed by atoms with van der Waals surface area (Å²) in [5.74, 6) is -2.17. The highest BCUT2D eigenvalue weighted by atomic mass is 19.1. The van der Waals surface area contributed by atoms with Gasteiger partial charge in [-0.1, -0.05) is 12.1 Å². The van der Waals surface area contributed by atoms with Crippen LogP contribution < -0.4 is 5.32 Å². The van der Waals surface area contributed by atoms with E-state index in [1.165, 1.54) is 24.3 Å². The van der Waals surface area contributed by atoms with Crippen LogP contribution in [0.1, 0.15) is 35.2 Å². The van der Waals surface area contributed by atoms with Crippen molar-refractivity contribution in [1.82, 2.24) is 20.3 Å². The highest BCUT2D eigenvalue weighted by Gasteiger charge is 2.46. The van der Waals surface area contributed by atoms with E-state index in [0.29, 0.717) is 28.6 Å². The first-order valence-corrected chi connectivity index (χ1v) is 12.3. The van der Waals surface area contributed by atoms with Crippen molar-refractivity contribution in [2.75, 3.05) is 0 Å². The van der Waals surface area contributed by atoms with E-state index >= 15 is 0 Å². The molecule has 0 saturated heterocycles. The molecule has 0 radical (unpaired) electrons. The number of pyridine rings is 2. The Morgan fingerprint density at radius 1 is 1.00 bits per heavy atom. The molecule has 190 valence electrons. The van der Waals surface area contributed by atoms with E-state index in [0.717, 1.165) is 22.7 Å². The summed E-state index contributed by atoms with van der Waals surface area (Å²) in [6, 6.07) is 14.9. The van der Waals surface area contributed by atoms with Gasteiger partial charge in [-0.3, -0.25) is 14.8 Å². The smallest absolute Gasteiger partial charge is 0.225 e. The van der Waals surface area contributed by atoms with Gasteiger partial charge in [-0.05, 0) is 71.8 Å². The van der Waals surface area contributed by atoms with E-state index in [1.54, 1.807) is 30.9 Å². The Hall–Kier alpha value is -4.46. The van der Waals surface area contributed by atoms with Crippen molar-refractivity contribution in [3.63, 3.8) is 0 Å². The Morgan fingerprint density at radius 3 is 2.61 bits per heavy atom. The fourth-order valence-electron chi connectivity index (χ4n) is 5.26. The summed E-state index contributed by atoms with van der Waals surface area (Å²) in [5, 5.41) is 3.78. The first kappa shape index (κ1) is 23.9. The molecule has 0 spiro atoms. The molecule has 6 rings (SSSR count). The van der Waals surface area contributed by atoms with Crippen LogP contribution in [0.5, 0.6) is 0 Å². The molecule has 1 amide bonds. The fraction of sp³-hybridized carbons (Fsp3) is 0.167.